The van der Waals surface area contributed by atoms with Gasteiger partial charge in [0.2, 0.25) is 0 Å². The molecule has 0 bridgehead atoms. The normalized spacial score (nSPS) is 10.2. The van der Waals surface area contributed by atoms with Crippen LogP contribution in [0.3, 0.4) is 0 Å². The molecule has 3 nitrogen and oxygen atoms in total. The summed E-state index contributed by atoms with van der Waals surface area (Å²) < 4.78 is 18.7. The number of nitrogens with one attached hydrogen (secondary N) is 1. The van der Waals surface area contributed by atoms with Crippen molar-refractivity contribution in [2.75, 3.05) is 11.9 Å². The molecule has 1 amide bonds. The SMILES string of the molecule is CCCOc1ccccc1NC(=O)c1ccc(F)cc1C. The summed E-state index contributed by atoms with van der Waals surface area (Å²) in [6.45, 7) is 4.31. The Morgan fingerprint density at radius 1 is 1.24 bits per heavy atom. The van der Waals surface area contributed by atoms with E-state index in [0.717, 1.165) is 6.42 Å². The van der Waals surface area contributed by atoms with Crippen molar-refractivity contribution in [1.82, 2.24) is 0 Å². The van der Waals surface area contributed by atoms with Gasteiger partial charge in [-0.25, -0.2) is 4.39 Å². The van der Waals surface area contributed by atoms with Gasteiger partial charge in [0, 0.05) is 5.56 Å². The number of para-hydroxylation sites is 2. The van der Waals surface area contributed by atoms with E-state index in [-0.39, 0.29) is 11.7 Å². The molecular weight excluding hydrogens is 269 g/mol. The quantitative estimate of drug-likeness (QED) is 0.896. The Morgan fingerprint density at radius 2 is 2.00 bits per heavy atom. The highest BCUT2D eigenvalue weighted by atomic mass is 19.1. The van der Waals surface area contributed by atoms with Crippen LogP contribution in [-0.4, -0.2) is 12.5 Å². The molecule has 0 spiro atoms. The number of benzene rings is 2. The van der Waals surface area contributed by atoms with Gasteiger partial charge in [0.15, 0.2) is 0 Å². The van der Waals surface area contributed by atoms with Crippen LogP contribution in [0.2, 0.25) is 0 Å². The number of hydrogen-bond acceptors (Lipinski definition) is 2. The van der Waals surface area contributed by atoms with E-state index in [9.17, 15) is 9.18 Å². The van der Waals surface area contributed by atoms with Crippen LogP contribution in [0.1, 0.15) is 29.3 Å². The van der Waals surface area contributed by atoms with Gasteiger partial charge in [-0.15, -0.1) is 0 Å². The number of ether oxygens (including phenoxy) is 1. The fourth-order valence-electron chi connectivity index (χ4n) is 1.98. The minimum absolute atomic E-state index is 0.278. The second kappa shape index (κ2) is 6.88. The lowest BCUT2D eigenvalue weighted by molar-refractivity contribution is 0.102. The lowest BCUT2D eigenvalue weighted by Gasteiger charge is -2.12. The fourth-order valence-corrected chi connectivity index (χ4v) is 1.98. The van der Waals surface area contributed by atoms with Crippen molar-refractivity contribution >= 4 is 11.6 Å². The van der Waals surface area contributed by atoms with E-state index in [1.54, 1.807) is 13.0 Å². The summed E-state index contributed by atoms with van der Waals surface area (Å²) in [6, 6.07) is 11.4. The van der Waals surface area contributed by atoms with Crippen molar-refractivity contribution < 1.29 is 13.9 Å². The monoisotopic (exact) mass is 287 g/mol. The molecule has 1 N–H and O–H groups in total. The van der Waals surface area contributed by atoms with E-state index in [1.807, 2.05) is 25.1 Å². The summed E-state index contributed by atoms with van der Waals surface area (Å²) in [5.41, 5.74) is 1.65. The lowest BCUT2D eigenvalue weighted by Crippen LogP contribution is -2.14. The Bertz CT molecular complexity index is 640. The largest absolute Gasteiger partial charge is 0.491 e. The van der Waals surface area contributed by atoms with Gasteiger partial charge in [-0.1, -0.05) is 19.1 Å². The van der Waals surface area contributed by atoms with Crippen LogP contribution < -0.4 is 10.1 Å². The van der Waals surface area contributed by atoms with Gasteiger partial charge in [-0.2, -0.15) is 0 Å². The molecule has 0 radical (unpaired) electrons. The first-order valence-corrected chi connectivity index (χ1v) is 6.91. The zero-order chi connectivity index (χ0) is 15.2. The number of carbonyl (C=O) groups excluding carboxylic acids is 1. The highest BCUT2D eigenvalue weighted by Crippen LogP contribution is 2.25. The molecule has 21 heavy (non-hydrogen) atoms. The van der Waals surface area contributed by atoms with E-state index < -0.39 is 0 Å². The summed E-state index contributed by atoms with van der Waals surface area (Å²) in [4.78, 5) is 12.3. The van der Waals surface area contributed by atoms with E-state index in [0.29, 0.717) is 29.2 Å². The van der Waals surface area contributed by atoms with Crippen LogP contribution in [0.25, 0.3) is 0 Å². The predicted octanol–water partition coefficient (Wildman–Crippen LogP) is 4.18. The summed E-state index contributed by atoms with van der Waals surface area (Å²) in [6.07, 6.45) is 0.888. The average Bonchev–Trinajstić information content (AvgIpc) is 2.46. The second-order valence-corrected chi connectivity index (χ2v) is 4.76. The number of carbonyl (C=O) groups is 1. The van der Waals surface area contributed by atoms with Gasteiger partial charge in [-0.05, 0) is 49.2 Å². The maximum atomic E-state index is 13.1. The van der Waals surface area contributed by atoms with Crippen LogP contribution in [0.15, 0.2) is 42.5 Å². The molecular formula is C17H18FNO2. The van der Waals surface area contributed by atoms with E-state index in [2.05, 4.69) is 5.32 Å². The molecule has 0 aliphatic heterocycles. The summed E-state index contributed by atoms with van der Waals surface area (Å²) in [5, 5.41) is 2.81. The van der Waals surface area contributed by atoms with E-state index >= 15 is 0 Å². The number of aryl methyl sites for hydroxylation is 1. The van der Waals surface area contributed by atoms with Crippen LogP contribution >= 0.6 is 0 Å². The zero-order valence-corrected chi connectivity index (χ0v) is 12.2. The topological polar surface area (TPSA) is 38.3 Å². The summed E-state index contributed by atoms with van der Waals surface area (Å²) in [7, 11) is 0. The second-order valence-electron chi connectivity index (χ2n) is 4.76. The molecule has 0 saturated carbocycles. The van der Waals surface area contributed by atoms with Gasteiger partial charge < -0.3 is 10.1 Å². The molecule has 0 atom stereocenters. The number of anilines is 1. The van der Waals surface area contributed by atoms with Crippen molar-refractivity contribution in [3.63, 3.8) is 0 Å². The van der Waals surface area contributed by atoms with Crippen molar-refractivity contribution in [3.05, 3.63) is 59.4 Å². The van der Waals surface area contributed by atoms with Crippen molar-refractivity contribution in [1.29, 1.82) is 0 Å². The summed E-state index contributed by atoms with van der Waals surface area (Å²) in [5.74, 6) is 0.00300. The minimum atomic E-state index is -0.351. The number of halogens is 1. The fraction of sp³-hybridized carbons (Fsp3) is 0.235. The van der Waals surface area contributed by atoms with Gasteiger partial charge in [0.05, 0.1) is 12.3 Å². The number of rotatable bonds is 5. The van der Waals surface area contributed by atoms with Crippen LogP contribution in [0.4, 0.5) is 10.1 Å². The van der Waals surface area contributed by atoms with E-state index in [4.69, 9.17) is 4.74 Å². The van der Waals surface area contributed by atoms with Crippen LogP contribution in [0, 0.1) is 12.7 Å². The molecule has 0 aliphatic rings. The van der Waals surface area contributed by atoms with Gasteiger partial charge in [-0.3, -0.25) is 4.79 Å². The maximum Gasteiger partial charge on any atom is 0.256 e. The highest BCUT2D eigenvalue weighted by Gasteiger charge is 2.12. The average molecular weight is 287 g/mol. The third kappa shape index (κ3) is 3.81. The van der Waals surface area contributed by atoms with E-state index in [1.165, 1.54) is 18.2 Å². The first kappa shape index (κ1) is 15.0. The van der Waals surface area contributed by atoms with Gasteiger partial charge in [0.1, 0.15) is 11.6 Å². The molecule has 0 saturated heterocycles. The van der Waals surface area contributed by atoms with Gasteiger partial charge >= 0.3 is 0 Å². The third-order valence-electron chi connectivity index (χ3n) is 3.03. The lowest BCUT2D eigenvalue weighted by atomic mass is 10.1. The Balaban J connectivity index is 2.19. The Morgan fingerprint density at radius 3 is 2.71 bits per heavy atom. The molecule has 0 aliphatic carbocycles. The minimum Gasteiger partial charge on any atom is -0.491 e. The summed E-state index contributed by atoms with van der Waals surface area (Å²) >= 11 is 0. The van der Waals surface area contributed by atoms with Crippen molar-refractivity contribution in [3.8, 4) is 5.75 Å². The molecule has 4 heteroatoms. The number of amides is 1. The molecule has 110 valence electrons. The first-order valence-electron chi connectivity index (χ1n) is 6.91. The molecule has 0 heterocycles. The molecule has 2 rings (SSSR count). The zero-order valence-electron chi connectivity index (χ0n) is 12.2. The Kier molecular flexibility index (Phi) is 4.93. The Labute approximate surface area is 123 Å². The number of hydrogen-bond donors (Lipinski definition) is 1. The standard InChI is InChI=1S/C17H18FNO2/c1-3-10-21-16-7-5-4-6-15(16)19-17(20)14-9-8-13(18)11-12(14)2/h4-9,11H,3,10H2,1-2H3,(H,19,20). The predicted molar refractivity (Wildman–Crippen MR) is 81.3 cm³/mol. The maximum absolute atomic E-state index is 13.1. The highest BCUT2D eigenvalue weighted by molar-refractivity contribution is 6.05. The molecule has 0 fully saturated rings. The van der Waals surface area contributed by atoms with Crippen LogP contribution in [-0.2, 0) is 0 Å². The molecule has 0 unspecified atom stereocenters. The third-order valence-corrected chi connectivity index (χ3v) is 3.03. The van der Waals surface area contributed by atoms with Crippen molar-refractivity contribution in [2.45, 2.75) is 20.3 Å². The van der Waals surface area contributed by atoms with Crippen molar-refractivity contribution in [2.24, 2.45) is 0 Å². The van der Waals surface area contributed by atoms with Gasteiger partial charge in [0.25, 0.3) is 5.91 Å². The molecule has 2 aromatic carbocycles. The smallest absolute Gasteiger partial charge is 0.256 e. The molecule has 0 aromatic heterocycles. The first-order chi connectivity index (χ1) is 10.1. The molecule has 2 aromatic rings. The van der Waals surface area contributed by atoms with Crippen LogP contribution in [0.5, 0.6) is 5.75 Å². The Hall–Kier alpha value is -2.36.